The Hall–Kier alpha value is -2.94. The Labute approximate surface area is 199 Å². The standard InChI is InChI=1S/C25H30FNO6S/c1-16(2)20-13-8-17(3)14-23(20)33-24(28)15-32-25(29)21-6-4-5-7-22(21)27-34(30,31)19-11-9-18(26)10-12-19/h4-7,9-12,16-17,20,23,27H,8,13-15H2,1-3H3. The normalized spacial score (nSPS) is 20.6. The molecule has 1 aliphatic rings. The van der Waals surface area contributed by atoms with Crippen LogP contribution in [0.4, 0.5) is 10.1 Å². The molecule has 3 rings (SSSR count). The number of rotatable bonds is 8. The van der Waals surface area contributed by atoms with Gasteiger partial charge in [-0.2, -0.15) is 0 Å². The smallest absolute Gasteiger partial charge is 0.344 e. The van der Waals surface area contributed by atoms with Gasteiger partial charge in [-0.05, 0) is 67.0 Å². The Morgan fingerprint density at radius 1 is 1.09 bits per heavy atom. The quantitative estimate of drug-likeness (QED) is 0.533. The molecule has 1 N–H and O–H groups in total. The highest BCUT2D eigenvalue weighted by Gasteiger charge is 2.33. The third-order valence-electron chi connectivity index (χ3n) is 6.08. The Morgan fingerprint density at radius 2 is 1.76 bits per heavy atom. The van der Waals surface area contributed by atoms with Crippen molar-refractivity contribution >= 4 is 27.6 Å². The van der Waals surface area contributed by atoms with E-state index < -0.39 is 34.4 Å². The van der Waals surface area contributed by atoms with Crippen molar-refractivity contribution in [1.82, 2.24) is 0 Å². The number of halogens is 1. The first-order chi connectivity index (χ1) is 16.1. The third-order valence-corrected chi connectivity index (χ3v) is 7.46. The molecule has 2 aromatic carbocycles. The lowest BCUT2D eigenvalue weighted by Gasteiger charge is -2.36. The molecule has 3 unspecified atom stereocenters. The minimum Gasteiger partial charge on any atom is -0.460 e. The zero-order valence-corrected chi connectivity index (χ0v) is 20.3. The van der Waals surface area contributed by atoms with E-state index in [0.29, 0.717) is 11.8 Å². The number of nitrogens with one attached hydrogen (secondary N) is 1. The molecule has 0 aliphatic heterocycles. The van der Waals surface area contributed by atoms with E-state index in [2.05, 4.69) is 25.5 Å². The molecule has 7 nitrogen and oxygen atoms in total. The summed E-state index contributed by atoms with van der Waals surface area (Å²) in [7, 11) is -4.07. The Morgan fingerprint density at radius 3 is 2.44 bits per heavy atom. The van der Waals surface area contributed by atoms with Gasteiger partial charge in [-0.15, -0.1) is 0 Å². The summed E-state index contributed by atoms with van der Waals surface area (Å²) in [4.78, 5) is 24.9. The molecule has 3 atom stereocenters. The fourth-order valence-electron chi connectivity index (χ4n) is 4.22. The van der Waals surface area contributed by atoms with Crippen molar-refractivity contribution in [2.75, 3.05) is 11.3 Å². The fourth-order valence-corrected chi connectivity index (χ4v) is 5.30. The first-order valence-electron chi connectivity index (χ1n) is 11.3. The molecule has 0 bridgehead atoms. The lowest BCUT2D eigenvalue weighted by atomic mass is 9.75. The molecule has 1 saturated carbocycles. The summed E-state index contributed by atoms with van der Waals surface area (Å²) in [5.41, 5.74) is -0.0847. The molecule has 34 heavy (non-hydrogen) atoms. The van der Waals surface area contributed by atoms with Gasteiger partial charge >= 0.3 is 11.9 Å². The summed E-state index contributed by atoms with van der Waals surface area (Å²) in [6.07, 6.45) is 2.63. The Balaban J connectivity index is 1.64. The molecule has 0 aromatic heterocycles. The summed E-state index contributed by atoms with van der Waals surface area (Å²) in [5, 5.41) is 0. The molecule has 0 saturated heterocycles. The van der Waals surface area contributed by atoms with Crippen LogP contribution in [0, 0.1) is 23.6 Å². The molecule has 9 heteroatoms. The first kappa shape index (κ1) is 25.7. The molecule has 2 aromatic rings. The highest BCUT2D eigenvalue weighted by Crippen LogP contribution is 2.35. The second-order valence-corrected chi connectivity index (χ2v) is 10.7. The van der Waals surface area contributed by atoms with Crippen LogP contribution >= 0.6 is 0 Å². The molecule has 0 radical (unpaired) electrons. The van der Waals surface area contributed by atoms with Gasteiger partial charge in [-0.25, -0.2) is 22.4 Å². The summed E-state index contributed by atoms with van der Waals surface area (Å²) >= 11 is 0. The maximum absolute atomic E-state index is 13.1. The maximum Gasteiger partial charge on any atom is 0.344 e. The number of para-hydroxylation sites is 1. The molecule has 1 aliphatic carbocycles. The number of benzene rings is 2. The molecule has 184 valence electrons. The van der Waals surface area contributed by atoms with E-state index in [1.807, 2.05) is 0 Å². The van der Waals surface area contributed by atoms with Crippen LogP contribution in [-0.2, 0) is 24.3 Å². The van der Waals surface area contributed by atoms with Crippen molar-refractivity contribution in [1.29, 1.82) is 0 Å². The lowest BCUT2D eigenvalue weighted by Crippen LogP contribution is -2.36. The third kappa shape index (κ3) is 6.56. The Bertz CT molecular complexity index is 1120. The first-order valence-corrected chi connectivity index (χ1v) is 12.8. The number of hydrogen-bond donors (Lipinski definition) is 1. The van der Waals surface area contributed by atoms with Gasteiger partial charge in [0.15, 0.2) is 6.61 Å². The van der Waals surface area contributed by atoms with Crippen LogP contribution in [0.2, 0.25) is 0 Å². The number of carbonyl (C=O) groups is 2. The number of anilines is 1. The monoisotopic (exact) mass is 491 g/mol. The largest absolute Gasteiger partial charge is 0.460 e. The summed E-state index contributed by atoms with van der Waals surface area (Å²) in [5.74, 6) is -0.992. The second-order valence-electron chi connectivity index (χ2n) is 9.04. The van der Waals surface area contributed by atoms with Gasteiger partial charge in [0.1, 0.15) is 11.9 Å². The molecule has 0 amide bonds. The van der Waals surface area contributed by atoms with Gasteiger partial charge in [0.2, 0.25) is 0 Å². The van der Waals surface area contributed by atoms with Crippen LogP contribution in [0.15, 0.2) is 53.4 Å². The van der Waals surface area contributed by atoms with Crippen LogP contribution < -0.4 is 4.72 Å². The maximum atomic E-state index is 13.1. The van der Waals surface area contributed by atoms with E-state index in [9.17, 15) is 22.4 Å². The summed E-state index contributed by atoms with van der Waals surface area (Å²) in [6.45, 7) is 5.76. The zero-order valence-electron chi connectivity index (χ0n) is 19.5. The van der Waals surface area contributed by atoms with Gasteiger partial charge in [0.25, 0.3) is 10.0 Å². The van der Waals surface area contributed by atoms with Crippen molar-refractivity contribution in [2.45, 2.75) is 51.0 Å². The minimum atomic E-state index is -4.07. The van der Waals surface area contributed by atoms with Crippen molar-refractivity contribution in [3.63, 3.8) is 0 Å². The molecule has 1 fully saturated rings. The SMILES string of the molecule is CC1CCC(C(C)C)C(OC(=O)COC(=O)c2ccccc2NS(=O)(=O)c2ccc(F)cc2)C1. The minimum absolute atomic E-state index is 0.0221. The molecule has 0 heterocycles. The van der Waals surface area contributed by atoms with Gasteiger partial charge in [-0.1, -0.05) is 39.3 Å². The fraction of sp³-hybridized carbons (Fsp3) is 0.440. The number of sulfonamides is 1. The van der Waals surface area contributed by atoms with Crippen LogP contribution in [0.3, 0.4) is 0 Å². The topological polar surface area (TPSA) is 98.8 Å². The highest BCUT2D eigenvalue weighted by atomic mass is 32.2. The van der Waals surface area contributed by atoms with Crippen molar-refractivity contribution in [3.05, 3.63) is 59.9 Å². The predicted octanol–water partition coefficient (Wildman–Crippen LogP) is 4.79. The van der Waals surface area contributed by atoms with E-state index in [4.69, 9.17) is 9.47 Å². The van der Waals surface area contributed by atoms with E-state index in [-0.39, 0.29) is 28.2 Å². The van der Waals surface area contributed by atoms with Crippen LogP contribution in [0.25, 0.3) is 0 Å². The van der Waals surface area contributed by atoms with Crippen molar-refractivity contribution in [3.8, 4) is 0 Å². The average molecular weight is 492 g/mol. The van der Waals surface area contributed by atoms with Gasteiger partial charge in [-0.3, -0.25) is 4.72 Å². The van der Waals surface area contributed by atoms with Crippen molar-refractivity contribution in [2.24, 2.45) is 17.8 Å². The van der Waals surface area contributed by atoms with Gasteiger partial charge in [0.05, 0.1) is 16.1 Å². The second kappa shape index (κ2) is 11.0. The number of carbonyl (C=O) groups excluding carboxylic acids is 2. The lowest BCUT2D eigenvalue weighted by molar-refractivity contribution is -0.159. The van der Waals surface area contributed by atoms with E-state index in [0.717, 1.165) is 43.5 Å². The predicted molar refractivity (Wildman–Crippen MR) is 125 cm³/mol. The number of esters is 2. The number of ether oxygens (including phenoxy) is 2. The molecular formula is C25H30FNO6S. The van der Waals surface area contributed by atoms with Crippen LogP contribution in [-0.4, -0.2) is 33.1 Å². The van der Waals surface area contributed by atoms with Crippen LogP contribution in [0.5, 0.6) is 0 Å². The Kier molecular flexibility index (Phi) is 8.30. The van der Waals surface area contributed by atoms with Gasteiger partial charge in [0, 0.05) is 0 Å². The number of hydrogen-bond acceptors (Lipinski definition) is 6. The van der Waals surface area contributed by atoms with E-state index in [1.54, 1.807) is 12.1 Å². The zero-order chi connectivity index (χ0) is 24.9. The van der Waals surface area contributed by atoms with E-state index in [1.165, 1.54) is 12.1 Å². The van der Waals surface area contributed by atoms with Crippen LogP contribution in [0.1, 0.15) is 50.4 Å². The van der Waals surface area contributed by atoms with Crippen molar-refractivity contribution < 1.29 is 31.9 Å². The molecule has 0 spiro atoms. The van der Waals surface area contributed by atoms with Gasteiger partial charge < -0.3 is 9.47 Å². The summed E-state index contributed by atoms with van der Waals surface area (Å²) < 4.78 is 51.5. The average Bonchev–Trinajstić information content (AvgIpc) is 2.77. The highest BCUT2D eigenvalue weighted by molar-refractivity contribution is 7.92. The summed E-state index contributed by atoms with van der Waals surface area (Å²) in [6, 6.07) is 10.1. The molecular weight excluding hydrogens is 461 g/mol. The van der Waals surface area contributed by atoms with E-state index >= 15 is 0 Å².